The van der Waals surface area contributed by atoms with Crippen molar-refractivity contribution in [1.82, 2.24) is 0 Å². The Kier molecular flexibility index (Phi) is 9.89. The van der Waals surface area contributed by atoms with Gasteiger partial charge in [0.25, 0.3) is 0 Å². The van der Waals surface area contributed by atoms with E-state index in [4.69, 9.17) is 0 Å². The summed E-state index contributed by atoms with van der Waals surface area (Å²) in [5.74, 6) is 0. The van der Waals surface area contributed by atoms with Gasteiger partial charge in [0.1, 0.15) is 0 Å². The second kappa shape index (κ2) is 5.20. The summed E-state index contributed by atoms with van der Waals surface area (Å²) in [5.41, 5.74) is 0. The molecule has 0 atom stereocenters. The molecule has 0 saturated carbocycles. The van der Waals surface area contributed by atoms with Crippen LogP contribution in [0.5, 0.6) is 0 Å². The van der Waals surface area contributed by atoms with Crippen molar-refractivity contribution in [1.29, 1.82) is 0 Å². The summed E-state index contributed by atoms with van der Waals surface area (Å²) < 4.78 is 0.361. The van der Waals surface area contributed by atoms with Gasteiger partial charge in [0.2, 0.25) is 0 Å². The van der Waals surface area contributed by atoms with Crippen molar-refractivity contribution >= 4 is 46.8 Å². The molecule has 26 valence electrons. The molecule has 0 aromatic heterocycles. The molecule has 0 bridgehead atoms. The molecular formula is C2H4BaO2. The van der Waals surface area contributed by atoms with Gasteiger partial charge < -0.3 is 5.48 Å². The van der Waals surface area contributed by atoms with E-state index in [2.05, 4.69) is 0 Å². The van der Waals surface area contributed by atoms with Crippen molar-refractivity contribution < 1.29 is 10.3 Å². The van der Waals surface area contributed by atoms with Crippen LogP contribution in [0.3, 0.4) is 0 Å². The molecule has 0 aliphatic heterocycles. The van der Waals surface area contributed by atoms with Gasteiger partial charge in [-0.25, -0.2) is 0 Å². The normalized spacial score (nSPS) is 5.40. The van der Waals surface area contributed by atoms with Crippen LogP contribution in [0.1, 0.15) is 6.92 Å². The summed E-state index contributed by atoms with van der Waals surface area (Å²) >= 11 is 0.383. The van der Waals surface area contributed by atoms with Crippen LogP contribution in [-0.2, 0) is 4.79 Å². The van der Waals surface area contributed by atoms with E-state index in [-0.39, 0.29) is 5.48 Å². The third-order valence-electron chi connectivity index (χ3n) is 0. The number of carbonyl (C=O) groups is 1. The molecule has 0 radical (unpaired) electrons. The Morgan fingerprint density at radius 1 is 1.80 bits per heavy atom. The van der Waals surface area contributed by atoms with E-state index in [1.165, 1.54) is 0 Å². The molecule has 1 N–H and O–H groups in total. The molecule has 0 amide bonds. The van der Waals surface area contributed by atoms with Crippen LogP contribution in [0.25, 0.3) is 0 Å². The first-order valence-corrected chi connectivity index (χ1v) is 3.28. The monoisotopic (exact) mass is 198 g/mol. The second-order valence-corrected chi connectivity index (χ2v) is 3.83. The van der Waals surface area contributed by atoms with Gasteiger partial charge in [-0.3, -0.25) is 0 Å². The van der Waals surface area contributed by atoms with Gasteiger partial charge in [0, 0.05) is 0 Å². The molecule has 3 heteroatoms. The maximum absolute atomic E-state index is 9.53. The Balaban J connectivity index is 0. The van der Waals surface area contributed by atoms with Crippen LogP contribution in [0.4, 0.5) is 0 Å². The minimum Gasteiger partial charge on any atom is -0.870 e. The minimum absolute atomic E-state index is 0. The fourth-order valence-corrected chi connectivity index (χ4v) is 0. The first kappa shape index (κ1) is 9.50. The van der Waals surface area contributed by atoms with Gasteiger partial charge >= 0.3 is 58.5 Å². The van der Waals surface area contributed by atoms with Crippen molar-refractivity contribution in [3.05, 3.63) is 0 Å². The van der Waals surface area contributed by atoms with Gasteiger partial charge in [-0.1, -0.05) is 0 Å². The molecule has 0 aromatic rings. The van der Waals surface area contributed by atoms with E-state index < -0.39 is 0 Å². The second-order valence-electron chi connectivity index (χ2n) is 0.702. The topological polar surface area (TPSA) is 47.1 Å². The van der Waals surface area contributed by atoms with Crippen molar-refractivity contribution in [2.75, 3.05) is 0 Å². The standard InChI is InChI=1S/C2H3O.Ba.H2O/c1-2-3;;/h1H3;;1H2/q;+1;/p-1. The van der Waals surface area contributed by atoms with E-state index in [1.807, 2.05) is 0 Å². The largest absolute Gasteiger partial charge is 0.870 e. The van der Waals surface area contributed by atoms with Crippen molar-refractivity contribution in [2.24, 2.45) is 0 Å². The molecule has 0 rings (SSSR count). The maximum Gasteiger partial charge on any atom is -0.870 e. The van der Waals surface area contributed by atoms with E-state index in [0.29, 0.717) is 46.8 Å². The van der Waals surface area contributed by atoms with Crippen LogP contribution in [0, 0.1) is 0 Å². The Bertz CT molecular complexity index is 30.6. The number of rotatable bonds is 0. The first-order valence-electron chi connectivity index (χ1n) is 1.06. The summed E-state index contributed by atoms with van der Waals surface area (Å²) in [6, 6.07) is 0. The zero-order chi connectivity index (χ0) is 3.58. The van der Waals surface area contributed by atoms with Crippen LogP contribution in [0.15, 0.2) is 0 Å². The fraction of sp³-hybridized carbons (Fsp3) is 0.500. The van der Waals surface area contributed by atoms with E-state index in [9.17, 15) is 4.79 Å². The van der Waals surface area contributed by atoms with Crippen molar-refractivity contribution in [3.8, 4) is 0 Å². The number of hydrogen-bond acceptors (Lipinski definition) is 2. The third-order valence-corrected chi connectivity index (χ3v) is 0. The van der Waals surface area contributed by atoms with Crippen LogP contribution in [0.2, 0.25) is 0 Å². The molecule has 0 saturated heterocycles. The average molecular weight is 197 g/mol. The first-order chi connectivity index (χ1) is 1.73. The quantitative estimate of drug-likeness (QED) is 0.493. The van der Waals surface area contributed by atoms with Crippen molar-refractivity contribution in [2.45, 2.75) is 6.92 Å². The molecule has 0 spiro atoms. The Hall–Kier alpha value is 1.20. The summed E-state index contributed by atoms with van der Waals surface area (Å²) in [5, 5.41) is 0. The molecule has 0 unspecified atom stereocenters. The van der Waals surface area contributed by atoms with Gasteiger partial charge in [-0.15, -0.1) is 0 Å². The smallest absolute Gasteiger partial charge is 0.870 e. The summed E-state index contributed by atoms with van der Waals surface area (Å²) in [6.07, 6.45) is 0. The molecule has 2 nitrogen and oxygen atoms in total. The summed E-state index contributed by atoms with van der Waals surface area (Å²) in [6.45, 7) is 1.61. The van der Waals surface area contributed by atoms with E-state index in [1.54, 1.807) is 6.92 Å². The van der Waals surface area contributed by atoms with Crippen LogP contribution < -0.4 is 0 Å². The fourth-order valence-electron chi connectivity index (χ4n) is 0. The molecule has 0 aliphatic rings. The van der Waals surface area contributed by atoms with Crippen molar-refractivity contribution in [3.63, 3.8) is 0 Å². The van der Waals surface area contributed by atoms with Gasteiger partial charge in [0.05, 0.1) is 0 Å². The van der Waals surface area contributed by atoms with Gasteiger partial charge in [-0.05, 0) is 0 Å². The van der Waals surface area contributed by atoms with E-state index >= 15 is 0 Å². The van der Waals surface area contributed by atoms with E-state index in [0.717, 1.165) is 0 Å². The number of hydrogen-bond donors (Lipinski definition) is 0. The molecule has 0 aliphatic carbocycles. The summed E-state index contributed by atoms with van der Waals surface area (Å²) in [7, 11) is 0. The van der Waals surface area contributed by atoms with Crippen LogP contribution in [-0.4, -0.2) is 52.3 Å². The average Bonchev–Trinajstić information content (AvgIpc) is 0.811. The zero-order valence-electron chi connectivity index (χ0n) is 3.06. The van der Waals surface area contributed by atoms with Crippen LogP contribution >= 0.6 is 0 Å². The predicted molar refractivity (Wildman–Crippen MR) is 18.4 cm³/mol. The number of carbonyl (C=O) groups excluding carboxylic acids is 1. The maximum atomic E-state index is 9.53. The minimum atomic E-state index is 0. The molecule has 0 fully saturated rings. The third kappa shape index (κ3) is 36.9. The summed E-state index contributed by atoms with van der Waals surface area (Å²) in [4.78, 5) is 9.53. The molecule has 0 aromatic carbocycles. The molecule has 0 heterocycles. The Morgan fingerprint density at radius 2 is 1.80 bits per heavy atom. The molecular weight excluding hydrogens is 193 g/mol. The predicted octanol–water partition coefficient (Wildman–Crippen LogP) is -0.475. The zero-order valence-corrected chi connectivity index (χ0v) is 7.50. The van der Waals surface area contributed by atoms with Gasteiger partial charge in [0.15, 0.2) is 0 Å². The SMILES string of the molecule is C[C](=O)[Ba+].[OH-]. The Morgan fingerprint density at radius 3 is 1.80 bits per heavy atom. The Labute approximate surface area is 62.9 Å². The molecule has 5 heavy (non-hydrogen) atoms. The van der Waals surface area contributed by atoms with Gasteiger partial charge in [-0.2, -0.15) is 0 Å².